The molecule has 0 saturated heterocycles. The van der Waals surface area contributed by atoms with Crippen molar-refractivity contribution in [3.63, 3.8) is 0 Å². The average Bonchev–Trinajstić information content (AvgIpc) is 2.82. The highest BCUT2D eigenvalue weighted by molar-refractivity contribution is 5.77. The lowest BCUT2D eigenvalue weighted by Crippen LogP contribution is -2.03. The van der Waals surface area contributed by atoms with Gasteiger partial charge in [-0.1, -0.05) is 30.3 Å². The second-order valence-corrected chi connectivity index (χ2v) is 4.12. The predicted octanol–water partition coefficient (Wildman–Crippen LogP) is 1.47. The Balaban J connectivity index is 2.08. The van der Waals surface area contributed by atoms with E-state index in [0.717, 1.165) is 5.56 Å². The summed E-state index contributed by atoms with van der Waals surface area (Å²) >= 11 is 0. The molecule has 3 rings (SSSR count). The van der Waals surface area contributed by atoms with Crippen molar-refractivity contribution < 1.29 is 4.74 Å². The zero-order valence-corrected chi connectivity index (χ0v) is 10.4. The van der Waals surface area contributed by atoms with E-state index in [1.165, 1.54) is 7.11 Å². The Labute approximate surface area is 109 Å². The smallest absolute Gasteiger partial charge is 0.246 e. The van der Waals surface area contributed by atoms with Crippen LogP contribution in [-0.4, -0.2) is 26.6 Å². The summed E-state index contributed by atoms with van der Waals surface area (Å²) < 4.78 is 7.09. The first-order valence-electron chi connectivity index (χ1n) is 5.84. The molecule has 0 bridgehead atoms. The Morgan fingerprint density at radius 2 is 2.00 bits per heavy atom. The Bertz CT molecular complexity index is 708. The van der Waals surface area contributed by atoms with E-state index in [9.17, 15) is 0 Å². The number of anilines is 1. The predicted molar refractivity (Wildman–Crippen MR) is 71.8 cm³/mol. The van der Waals surface area contributed by atoms with Crippen LogP contribution in [0.15, 0.2) is 36.7 Å². The van der Waals surface area contributed by atoms with Gasteiger partial charge in [0.25, 0.3) is 0 Å². The number of nitrogens with zero attached hydrogens (tertiary/aromatic N) is 4. The number of hydrogen-bond acceptors (Lipinski definition) is 5. The molecule has 6 heteroatoms. The first-order valence-corrected chi connectivity index (χ1v) is 5.84. The lowest BCUT2D eigenvalue weighted by atomic mass is 10.2. The number of nitrogen functional groups attached to an aromatic ring is 1. The zero-order chi connectivity index (χ0) is 13.2. The van der Waals surface area contributed by atoms with Gasteiger partial charge >= 0.3 is 0 Å². The lowest BCUT2D eigenvalue weighted by Gasteiger charge is -2.05. The molecule has 3 aromatic rings. The highest BCUT2D eigenvalue weighted by atomic mass is 16.5. The number of fused-ring (bicyclic) bond motifs is 1. The van der Waals surface area contributed by atoms with Crippen LogP contribution in [-0.2, 0) is 6.54 Å². The second kappa shape index (κ2) is 4.56. The molecule has 0 fully saturated rings. The number of aromatic nitrogens is 4. The van der Waals surface area contributed by atoms with Crippen LogP contribution < -0.4 is 10.5 Å². The summed E-state index contributed by atoms with van der Waals surface area (Å²) in [6.45, 7) is 0.678. The van der Waals surface area contributed by atoms with Gasteiger partial charge in [0.1, 0.15) is 0 Å². The van der Waals surface area contributed by atoms with Crippen molar-refractivity contribution in [1.29, 1.82) is 0 Å². The molecule has 96 valence electrons. The van der Waals surface area contributed by atoms with Crippen molar-refractivity contribution in [2.24, 2.45) is 0 Å². The largest absolute Gasteiger partial charge is 0.479 e. The summed E-state index contributed by atoms with van der Waals surface area (Å²) in [6, 6.07) is 10.1. The summed E-state index contributed by atoms with van der Waals surface area (Å²) in [6.07, 6.45) is 1.72. The molecule has 0 amide bonds. The second-order valence-electron chi connectivity index (χ2n) is 4.12. The minimum Gasteiger partial charge on any atom is -0.479 e. The van der Waals surface area contributed by atoms with Crippen LogP contribution in [0.3, 0.4) is 0 Å². The number of imidazole rings is 1. The molecule has 0 radical (unpaired) electrons. The highest BCUT2D eigenvalue weighted by Crippen LogP contribution is 2.21. The van der Waals surface area contributed by atoms with Crippen molar-refractivity contribution in [1.82, 2.24) is 19.5 Å². The van der Waals surface area contributed by atoms with Crippen molar-refractivity contribution in [3.8, 4) is 5.88 Å². The van der Waals surface area contributed by atoms with Crippen LogP contribution in [0, 0.1) is 0 Å². The van der Waals surface area contributed by atoms with Crippen molar-refractivity contribution >= 4 is 17.1 Å². The minimum absolute atomic E-state index is 0.180. The average molecular weight is 255 g/mol. The molecule has 0 unspecified atom stereocenters. The van der Waals surface area contributed by atoms with Crippen molar-refractivity contribution in [2.45, 2.75) is 6.54 Å². The Hall–Kier alpha value is -2.63. The molecule has 0 atom stereocenters. The molecule has 2 heterocycles. The van der Waals surface area contributed by atoms with Gasteiger partial charge in [0, 0.05) is 0 Å². The number of hydrogen-bond donors (Lipinski definition) is 1. The summed E-state index contributed by atoms with van der Waals surface area (Å²) in [4.78, 5) is 12.5. The monoisotopic (exact) mass is 255 g/mol. The fraction of sp³-hybridized carbons (Fsp3) is 0.154. The Morgan fingerprint density at radius 3 is 2.74 bits per heavy atom. The van der Waals surface area contributed by atoms with Crippen LogP contribution >= 0.6 is 0 Å². The van der Waals surface area contributed by atoms with E-state index in [0.29, 0.717) is 23.6 Å². The normalized spacial score (nSPS) is 10.8. The van der Waals surface area contributed by atoms with E-state index in [4.69, 9.17) is 10.5 Å². The molecule has 0 saturated carbocycles. The molecule has 0 aliphatic rings. The van der Waals surface area contributed by atoms with E-state index < -0.39 is 0 Å². The van der Waals surface area contributed by atoms with Crippen LogP contribution in [0.4, 0.5) is 5.95 Å². The number of ether oxygens (including phenoxy) is 1. The molecule has 2 N–H and O–H groups in total. The van der Waals surface area contributed by atoms with Crippen LogP contribution in [0.25, 0.3) is 11.2 Å². The molecule has 0 aliphatic carbocycles. The first kappa shape index (κ1) is 11.5. The SMILES string of the molecule is COc1nc(N)nc2c1ncn2Cc1ccccc1. The Kier molecular flexibility index (Phi) is 2.75. The summed E-state index contributed by atoms with van der Waals surface area (Å²) in [5.74, 6) is 0.577. The van der Waals surface area contributed by atoms with E-state index in [2.05, 4.69) is 15.0 Å². The number of nitrogens with two attached hydrogens (primary N) is 1. The molecule has 6 nitrogen and oxygen atoms in total. The molecule has 19 heavy (non-hydrogen) atoms. The maximum atomic E-state index is 5.68. The minimum atomic E-state index is 0.180. The molecule has 1 aromatic carbocycles. The fourth-order valence-electron chi connectivity index (χ4n) is 1.97. The molecule has 2 aromatic heterocycles. The Morgan fingerprint density at radius 1 is 1.21 bits per heavy atom. The van der Waals surface area contributed by atoms with Crippen LogP contribution in [0.5, 0.6) is 5.88 Å². The first-order chi connectivity index (χ1) is 9.28. The van der Waals surface area contributed by atoms with E-state index >= 15 is 0 Å². The van der Waals surface area contributed by atoms with Gasteiger partial charge in [0.05, 0.1) is 20.0 Å². The maximum Gasteiger partial charge on any atom is 0.246 e. The van der Waals surface area contributed by atoms with Gasteiger partial charge in [-0.3, -0.25) is 0 Å². The fourth-order valence-corrected chi connectivity index (χ4v) is 1.97. The van der Waals surface area contributed by atoms with Crippen molar-refractivity contribution in [2.75, 3.05) is 12.8 Å². The van der Waals surface area contributed by atoms with Gasteiger partial charge in [-0.25, -0.2) is 4.98 Å². The summed E-state index contributed by atoms with van der Waals surface area (Å²) in [5, 5.41) is 0. The van der Waals surface area contributed by atoms with E-state index in [1.807, 2.05) is 34.9 Å². The lowest BCUT2D eigenvalue weighted by molar-refractivity contribution is 0.402. The third kappa shape index (κ3) is 2.08. The van der Waals surface area contributed by atoms with E-state index in [1.54, 1.807) is 6.33 Å². The summed E-state index contributed by atoms with van der Waals surface area (Å²) in [5.41, 5.74) is 8.14. The number of benzene rings is 1. The maximum absolute atomic E-state index is 5.68. The standard InChI is InChI=1S/C13H13N5O/c1-19-12-10-11(16-13(14)17-12)18(8-15-10)7-9-5-3-2-4-6-9/h2-6,8H,7H2,1H3,(H2,14,16,17). The third-order valence-electron chi connectivity index (χ3n) is 2.84. The van der Waals surface area contributed by atoms with Gasteiger partial charge in [-0.2, -0.15) is 9.97 Å². The quantitative estimate of drug-likeness (QED) is 0.766. The molecule has 0 aliphatic heterocycles. The summed E-state index contributed by atoms with van der Waals surface area (Å²) in [7, 11) is 1.54. The third-order valence-corrected chi connectivity index (χ3v) is 2.84. The van der Waals surface area contributed by atoms with Crippen molar-refractivity contribution in [3.05, 3.63) is 42.2 Å². The van der Waals surface area contributed by atoms with Gasteiger partial charge in [-0.15, -0.1) is 0 Å². The van der Waals surface area contributed by atoms with Gasteiger partial charge < -0.3 is 15.0 Å². The van der Waals surface area contributed by atoms with Gasteiger partial charge in [0.15, 0.2) is 11.2 Å². The molecule has 0 spiro atoms. The van der Waals surface area contributed by atoms with E-state index in [-0.39, 0.29) is 5.95 Å². The molecular formula is C13H13N5O. The van der Waals surface area contributed by atoms with Gasteiger partial charge in [0.2, 0.25) is 11.8 Å². The molecular weight excluding hydrogens is 242 g/mol. The van der Waals surface area contributed by atoms with Crippen LogP contribution in [0.2, 0.25) is 0 Å². The van der Waals surface area contributed by atoms with Crippen LogP contribution in [0.1, 0.15) is 5.56 Å². The highest BCUT2D eigenvalue weighted by Gasteiger charge is 2.12. The zero-order valence-electron chi connectivity index (χ0n) is 10.4. The topological polar surface area (TPSA) is 78.8 Å². The number of methoxy groups -OCH3 is 1. The van der Waals surface area contributed by atoms with Gasteiger partial charge in [-0.05, 0) is 5.56 Å². The number of rotatable bonds is 3.